The average molecular weight is 410 g/mol. The van der Waals surface area contributed by atoms with Crippen molar-refractivity contribution in [1.29, 1.82) is 0 Å². The first kappa shape index (κ1) is 21.6. The fourth-order valence-corrected chi connectivity index (χ4v) is 3.10. The Labute approximate surface area is 161 Å². The van der Waals surface area contributed by atoms with Crippen molar-refractivity contribution < 1.29 is 27.4 Å². The van der Waals surface area contributed by atoms with Crippen LogP contribution in [0.1, 0.15) is 5.56 Å². The highest BCUT2D eigenvalue weighted by molar-refractivity contribution is 5.85. The summed E-state index contributed by atoms with van der Waals surface area (Å²) in [5.74, 6) is 0.706. The standard InChI is InChI=1S/C17H22F3N3O3.ClH/c18-17(19,20)15(23-5-3-21-4-6-23)11-22-16(24)10-12-1-2-13-14(9-12)26-8-7-25-13;/h1-2,9,15,21H,3-8,10-11H2,(H,22,24);1H. The fraction of sp³-hybridized carbons (Fsp3) is 0.588. The van der Waals surface area contributed by atoms with Crippen molar-refractivity contribution >= 4 is 18.3 Å². The third kappa shape index (κ3) is 5.88. The van der Waals surface area contributed by atoms with E-state index in [9.17, 15) is 18.0 Å². The Bertz CT molecular complexity index is 640. The first-order valence-corrected chi connectivity index (χ1v) is 8.60. The molecule has 0 spiro atoms. The molecule has 1 atom stereocenters. The molecular formula is C17H23ClF3N3O3. The molecule has 1 aromatic carbocycles. The van der Waals surface area contributed by atoms with Crippen LogP contribution in [0.4, 0.5) is 13.2 Å². The van der Waals surface area contributed by atoms with Gasteiger partial charge >= 0.3 is 6.18 Å². The number of carbonyl (C=O) groups excluding carboxylic acids is 1. The molecule has 1 amide bonds. The number of hydrogen-bond acceptors (Lipinski definition) is 5. The van der Waals surface area contributed by atoms with Gasteiger partial charge in [0.15, 0.2) is 11.5 Å². The molecule has 2 N–H and O–H groups in total. The highest BCUT2D eigenvalue weighted by atomic mass is 35.5. The Morgan fingerprint density at radius 1 is 1.19 bits per heavy atom. The van der Waals surface area contributed by atoms with Crippen LogP contribution in [0.5, 0.6) is 11.5 Å². The number of ether oxygens (including phenoxy) is 2. The van der Waals surface area contributed by atoms with Crippen molar-refractivity contribution in [3.8, 4) is 11.5 Å². The predicted molar refractivity (Wildman–Crippen MR) is 95.7 cm³/mol. The van der Waals surface area contributed by atoms with E-state index in [0.29, 0.717) is 56.5 Å². The fourth-order valence-electron chi connectivity index (χ4n) is 3.10. The predicted octanol–water partition coefficient (Wildman–Crippen LogP) is 1.37. The maximum atomic E-state index is 13.3. The molecule has 1 fully saturated rings. The smallest absolute Gasteiger partial charge is 0.405 e. The van der Waals surface area contributed by atoms with E-state index in [4.69, 9.17) is 9.47 Å². The summed E-state index contributed by atoms with van der Waals surface area (Å²) >= 11 is 0. The number of amides is 1. The Balaban J connectivity index is 0.00000261. The van der Waals surface area contributed by atoms with E-state index < -0.39 is 24.7 Å². The van der Waals surface area contributed by atoms with Gasteiger partial charge < -0.3 is 20.1 Å². The summed E-state index contributed by atoms with van der Waals surface area (Å²) in [6, 6.07) is 3.43. The van der Waals surface area contributed by atoms with Crippen molar-refractivity contribution in [2.45, 2.75) is 18.6 Å². The van der Waals surface area contributed by atoms with Gasteiger partial charge in [0.2, 0.25) is 5.91 Å². The second-order valence-electron chi connectivity index (χ2n) is 6.30. The van der Waals surface area contributed by atoms with Gasteiger partial charge in [-0.05, 0) is 17.7 Å². The number of nitrogens with zero attached hydrogens (tertiary/aromatic N) is 1. The highest BCUT2D eigenvalue weighted by Gasteiger charge is 2.43. The molecule has 152 valence electrons. The Morgan fingerprint density at radius 3 is 2.52 bits per heavy atom. The van der Waals surface area contributed by atoms with Crippen LogP contribution >= 0.6 is 12.4 Å². The monoisotopic (exact) mass is 409 g/mol. The third-order valence-electron chi connectivity index (χ3n) is 4.43. The van der Waals surface area contributed by atoms with E-state index in [2.05, 4.69) is 10.6 Å². The molecule has 0 bridgehead atoms. The van der Waals surface area contributed by atoms with E-state index in [1.165, 1.54) is 4.90 Å². The Kier molecular flexibility index (Phi) is 7.58. The van der Waals surface area contributed by atoms with Crippen LogP contribution in [0.2, 0.25) is 0 Å². The lowest BCUT2D eigenvalue weighted by Crippen LogP contribution is -2.57. The molecule has 0 radical (unpaired) electrons. The maximum Gasteiger partial charge on any atom is 0.405 e. The van der Waals surface area contributed by atoms with Crippen LogP contribution in [-0.2, 0) is 11.2 Å². The van der Waals surface area contributed by atoms with Crippen LogP contribution in [0, 0.1) is 0 Å². The van der Waals surface area contributed by atoms with Crippen LogP contribution in [-0.4, -0.2) is 69.0 Å². The van der Waals surface area contributed by atoms with Crippen molar-refractivity contribution in [1.82, 2.24) is 15.5 Å². The Morgan fingerprint density at radius 2 is 1.85 bits per heavy atom. The summed E-state index contributed by atoms with van der Waals surface area (Å²) in [6.07, 6.45) is -4.40. The minimum Gasteiger partial charge on any atom is -0.486 e. The van der Waals surface area contributed by atoms with Gasteiger partial charge in [-0.15, -0.1) is 12.4 Å². The van der Waals surface area contributed by atoms with Crippen molar-refractivity contribution in [2.75, 3.05) is 45.9 Å². The number of benzene rings is 1. The molecule has 0 aromatic heterocycles. The maximum absolute atomic E-state index is 13.3. The quantitative estimate of drug-likeness (QED) is 0.769. The summed E-state index contributed by atoms with van der Waals surface area (Å²) < 4.78 is 50.8. The first-order chi connectivity index (χ1) is 12.4. The van der Waals surface area contributed by atoms with E-state index in [1.54, 1.807) is 18.2 Å². The zero-order valence-corrected chi connectivity index (χ0v) is 15.5. The van der Waals surface area contributed by atoms with E-state index in [-0.39, 0.29) is 18.8 Å². The summed E-state index contributed by atoms with van der Waals surface area (Å²) in [5, 5.41) is 5.45. The molecule has 27 heavy (non-hydrogen) atoms. The number of rotatable bonds is 5. The second-order valence-corrected chi connectivity index (χ2v) is 6.30. The lowest BCUT2D eigenvalue weighted by molar-refractivity contribution is -0.184. The van der Waals surface area contributed by atoms with Gasteiger partial charge in [0.1, 0.15) is 19.3 Å². The molecule has 10 heteroatoms. The largest absolute Gasteiger partial charge is 0.486 e. The Hall–Kier alpha value is -1.71. The topological polar surface area (TPSA) is 62.8 Å². The summed E-state index contributed by atoms with van der Waals surface area (Å²) in [5.41, 5.74) is 0.664. The zero-order valence-electron chi connectivity index (χ0n) is 14.7. The molecular weight excluding hydrogens is 387 g/mol. The van der Waals surface area contributed by atoms with Gasteiger partial charge in [0.25, 0.3) is 0 Å². The summed E-state index contributed by atoms with van der Waals surface area (Å²) in [4.78, 5) is 13.5. The molecule has 6 nitrogen and oxygen atoms in total. The molecule has 1 unspecified atom stereocenters. The molecule has 3 rings (SSSR count). The molecule has 2 aliphatic rings. The minimum absolute atomic E-state index is 0. The zero-order chi connectivity index (χ0) is 18.6. The van der Waals surface area contributed by atoms with Crippen LogP contribution in [0.3, 0.4) is 0 Å². The van der Waals surface area contributed by atoms with E-state index in [1.807, 2.05) is 0 Å². The van der Waals surface area contributed by atoms with Crippen molar-refractivity contribution in [3.63, 3.8) is 0 Å². The first-order valence-electron chi connectivity index (χ1n) is 8.60. The van der Waals surface area contributed by atoms with Crippen LogP contribution in [0.15, 0.2) is 18.2 Å². The van der Waals surface area contributed by atoms with E-state index in [0.717, 1.165) is 0 Å². The number of piperazine rings is 1. The summed E-state index contributed by atoms with van der Waals surface area (Å²) in [7, 11) is 0. The van der Waals surface area contributed by atoms with Gasteiger partial charge in [-0.3, -0.25) is 9.69 Å². The third-order valence-corrected chi connectivity index (χ3v) is 4.43. The van der Waals surface area contributed by atoms with Gasteiger partial charge in [0.05, 0.1) is 6.42 Å². The molecule has 0 saturated carbocycles. The molecule has 2 heterocycles. The van der Waals surface area contributed by atoms with Gasteiger partial charge in [-0.2, -0.15) is 13.2 Å². The minimum atomic E-state index is -4.39. The molecule has 0 aliphatic carbocycles. The van der Waals surface area contributed by atoms with Crippen LogP contribution < -0.4 is 20.1 Å². The highest BCUT2D eigenvalue weighted by Crippen LogP contribution is 2.31. The van der Waals surface area contributed by atoms with Gasteiger partial charge in [-0.1, -0.05) is 6.07 Å². The number of carbonyl (C=O) groups is 1. The number of alkyl halides is 3. The lowest BCUT2D eigenvalue weighted by atomic mass is 10.1. The molecule has 2 aliphatic heterocycles. The molecule has 1 saturated heterocycles. The summed E-state index contributed by atoms with van der Waals surface area (Å²) in [6.45, 7) is 2.09. The van der Waals surface area contributed by atoms with Gasteiger partial charge in [-0.25, -0.2) is 0 Å². The van der Waals surface area contributed by atoms with Gasteiger partial charge in [0, 0.05) is 32.7 Å². The average Bonchev–Trinajstić information content (AvgIpc) is 2.61. The van der Waals surface area contributed by atoms with Crippen molar-refractivity contribution in [3.05, 3.63) is 23.8 Å². The number of nitrogens with one attached hydrogen (secondary N) is 2. The number of fused-ring (bicyclic) bond motifs is 1. The van der Waals surface area contributed by atoms with Crippen molar-refractivity contribution in [2.24, 2.45) is 0 Å². The van der Waals surface area contributed by atoms with Crippen LogP contribution in [0.25, 0.3) is 0 Å². The normalized spacial score (nSPS) is 18.3. The lowest BCUT2D eigenvalue weighted by Gasteiger charge is -2.35. The number of halogens is 4. The molecule has 1 aromatic rings. The van der Waals surface area contributed by atoms with E-state index >= 15 is 0 Å². The number of hydrogen-bond donors (Lipinski definition) is 2. The SMILES string of the molecule is Cl.O=C(Cc1ccc2c(c1)OCCO2)NCC(N1CCNCC1)C(F)(F)F. The second kappa shape index (κ2) is 9.48.